The highest BCUT2D eigenvalue weighted by molar-refractivity contribution is 9.09. The highest BCUT2D eigenvalue weighted by Crippen LogP contribution is 2.36. The summed E-state index contributed by atoms with van der Waals surface area (Å²) in [7, 11) is -3.18. The normalized spacial score (nSPS) is 17.7. The number of rotatable bonds is 5. The summed E-state index contributed by atoms with van der Waals surface area (Å²) in [4.78, 5) is 0.705. The van der Waals surface area contributed by atoms with Crippen LogP contribution in [-0.4, -0.2) is 19.5 Å². The van der Waals surface area contributed by atoms with Gasteiger partial charge in [0.25, 0.3) is 0 Å². The number of benzene rings is 1. The van der Waals surface area contributed by atoms with Crippen molar-refractivity contribution in [2.75, 3.05) is 6.26 Å². The van der Waals surface area contributed by atoms with Crippen LogP contribution < -0.4 is 0 Å². The molecule has 0 radical (unpaired) electrons. The number of hydrogen-bond acceptors (Lipinski definition) is 2. The van der Waals surface area contributed by atoms with Crippen molar-refractivity contribution in [1.82, 2.24) is 0 Å². The van der Waals surface area contributed by atoms with Crippen molar-refractivity contribution in [2.45, 2.75) is 35.4 Å². The highest BCUT2D eigenvalue weighted by Gasteiger charge is 2.24. The zero-order chi connectivity index (χ0) is 13.3. The summed E-state index contributed by atoms with van der Waals surface area (Å²) < 4.78 is 22.8. The molecule has 0 N–H and O–H groups in total. The van der Waals surface area contributed by atoms with E-state index in [4.69, 9.17) is 11.6 Å². The van der Waals surface area contributed by atoms with Crippen molar-refractivity contribution in [3.63, 3.8) is 0 Å². The molecule has 100 valence electrons. The minimum Gasteiger partial charge on any atom is -0.224 e. The van der Waals surface area contributed by atoms with Gasteiger partial charge in [-0.05, 0) is 36.5 Å². The summed E-state index contributed by atoms with van der Waals surface area (Å²) in [6, 6.07) is 5.00. The quantitative estimate of drug-likeness (QED) is 0.755. The topological polar surface area (TPSA) is 34.1 Å². The van der Waals surface area contributed by atoms with E-state index in [2.05, 4.69) is 15.9 Å². The molecule has 1 aromatic rings. The first kappa shape index (κ1) is 14.4. The molecule has 2 rings (SSSR count). The van der Waals surface area contributed by atoms with Gasteiger partial charge in [-0.1, -0.05) is 46.4 Å². The van der Waals surface area contributed by atoms with Crippen LogP contribution in [-0.2, 0) is 16.3 Å². The predicted octanol–water partition coefficient (Wildman–Crippen LogP) is 3.85. The van der Waals surface area contributed by atoms with Gasteiger partial charge < -0.3 is 0 Å². The first-order chi connectivity index (χ1) is 8.36. The fraction of sp³-hybridized carbons (Fsp3) is 0.538. The fourth-order valence-corrected chi connectivity index (χ4v) is 3.81. The van der Waals surface area contributed by atoms with E-state index in [1.807, 2.05) is 6.07 Å². The van der Waals surface area contributed by atoms with Crippen molar-refractivity contribution >= 4 is 37.4 Å². The standard InChI is InChI=1S/C13H16BrClO2S/c1-18(16,17)12-5-4-10(13(15)8-12)7-11(14)6-9-2-3-9/h4-5,8-9,11H,2-3,6-7H2,1H3. The molecule has 0 spiro atoms. The smallest absolute Gasteiger partial charge is 0.175 e. The van der Waals surface area contributed by atoms with Crippen molar-refractivity contribution in [3.05, 3.63) is 28.8 Å². The Bertz CT molecular complexity index is 538. The number of hydrogen-bond donors (Lipinski definition) is 0. The van der Waals surface area contributed by atoms with Crippen LogP contribution in [0.25, 0.3) is 0 Å². The molecule has 1 atom stereocenters. The molecule has 0 saturated heterocycles. The molecule has 2 nitrogen and oxygen atoms in total. The van der Waals surface area contributed by atoms with Crippen molar-refractivity contribution in [3.8, 4) is 0 Å². The van der Waals surface area contributed by atoms with Crippen LogP contribution in [0.15, 0.2) is 23.1 Å². The fourth-order valence-electron chi connectivity index (χ4n) is 1.96. The van der Waals surface area contributed by atoms with Crippen LogP contribution in [0, 0.1) is 5.92 Å². The maximum absolute atomic E-state index is 11.4. The van der Waals surface area contributed by atoms with Crippen LogP contribution in [0.1, 0.15) is 24.8 Å². The Morgan fingerprint density at radius 3 is 2.61 bits per heavy atom. The second-order valence-corrected chi connectivity index (χ2v) is 8.72. The molecule has 1 saturated carbocycles. The van der Waals surface area contributed by atoms with Gasteiger partial charge in [0.05, 0.1) is 4.90 Å². The summed E-state index contributed by atoms with van der Waals surface area (Å²) in [6.07, 6.45) is 5.88. The predicted molar refractivity (Wildman–Crippen MR) is 78.3 cm³/mol. The molecule has 1 aromatic carbocycles. The SMILES string of the molecule is CS(=O)(=O)c1ccc(CC(Br)CC2CC2)c(Cl)c1. The second-order valence-electron chi connectivity index (χ2n) is 5.01. The molecule has 5 heteroatoms. The van der Waals surface area contributed by atoms with Crippen LogP contribution in [0.2, 0.25) is 5.02 Å². The third-order valence-corrected chi connectivity index (χ3v) is 5.34. The van der Waals surface area contributed by atoms with Crippen molar-refractivity contribution < 1.29 is 8.42 Å². The average Bonchev–Trinajstić information content (AvgIpc) is 3.03. The summed E-state index contributed by atoms with van der Waals surface area (Å²) in [6.45, 7) is 0. The molecule has 0 aliphatic heterocycles. The molecule has 1 unspecified atom stereocenters. The van der Waals surface area contributed by atoms with E-state index >= 15 is 0 Å². The summed E-state index contributed by atoms with van der Waals surface area (Å²) in [5, 5.41) is 0.540. The molecular formula is C13H16BrClO2S. The molecule has 1 fully saturated rings. The third-order valence-electron chi connectivity index (χ3n) is 3.18. The van der Waals surface area contributed by atoms with Crippen molar-refractivity contribution in [1.29, 1.82) is 0 Å². The minimum atomic E-state index is -3.18. The van der Waals surface area contributed by atoms with Gasteiger partial charge in [0.2, 0.25) is 0 Å². The van der Waals surface area contributed by atoms with Gasteiger partial charge in [-0.25, -0.2) is 8.42 Å². The Balaban J connectivity index is 2.09. The summed E-state index contributed by atoms with van der Waals surface area (Å²) >= 11 is 9.82. The van der Waals surface area contributed by atoms with Gasteiger partial charge in [0, 0.05) is 16.1 Å². The van der Waals surface area contributed by atoms with Crippen LogP contribution in [0.3, 0.4) is 0 Å². The first-order valence-corrected chi connectivity index (χ1v) is 9.17. The molecule has 1 aliphatic carbocycles. The minimum absolute atomic E-state index is 0.282. The Hall–Kier alpha value is -0.0600. The molecule has 0 bridgehead atoms. The lowest BCUT2D eigenvalue weighted by Gasteiger charge is -2.11. The molecule has 0 heterocycles. The van der Waals surface area contributed by atoms with E-state index in [9.17, 15) is 8.42 Å². The first-order valence-electron chi connectivity index (χ1n) is 5.99. The van der Waals surface area contributed by atoms with Gasteiger partial charge in [0.15, 0.2) is 9.84 Å². The summed E-state index contributed by atoms with van der Waals surface area (Å²) in [5.74, 6) is 0.864. The van der Waals surface area contributed by atoms with Crippen LogP contribution >= 0.6 is 27.5 Å². The van der Waals surface area contributed by atoms with Gasteiger partial charge in [-0.2, -0.15) is 0 Å². The van der Waals surface area contributed by atoms with Crippen molar-refractivity contribution in [2.24, 2.45) is 5.92 Å². The Kier molecular flexibility index (Phi) is 4.40. The Morgan fingerprint density at radius 1 is 1.44 bits per heavy atom. The maximum Gasteiger partial charge on any atom is 0.175 e. The molecule has 0 aromatic heterocycles. The monoisotopic (exact) mass is 350 g/mol. The van der Waals surface area contributed by atoms with E-state index in [0.29, 0.717) is 9.85 Å². The zero-order valence-corrected chi connectivity index (χ0v) is 13.4. The molecular weight excluding hydrogens is 336 g/mol. The van der Waals surface area contributed by atoms with Crippen LogP contribution in [0.4, 0.5) is 0 Å². The van der Waals surface area contributed by atoms with E-state index in [-0.39, 0.29) is 4.90 Å². The van der Waals surface area contributed by atoms with E-state index in [1.54, 1.807) is 12.1 Å². The molecule has 0 amide bonds. The Labute approximate surface area is 122 Å². The van der Waals surface area contributed by atoms with Gasteiger partial charge in [-0.3, -0.25) is 0 Å². The number of alkyl halides is 1. The van der Waals surface area contributed by atoms with E-state index < -0.39 is 9.84 Å². The van der Waals surface area contributed by atoms with E-state index in [0.717, 1.165) is 17.9 Å². The zero-order valence-electron chi connectivity index (χ0n) is 10.2. The van der Waals surface area contributed by atoms with Gasteiger partial charge in [-0.15, -0.1) is 0 Å². The van der Waals surface area contributed by atoms with Gasteiger partial charge in [0.1, 0.15) is 0 Å². The average molecular weight is 352 g/mol. The lowest BCUT2D eigenvalue weighted by Crippen LogP contribution is -2.05. The largest absolute Gasteiger partial charge is 0.224 e. The summed E-state index contributed by atoms with van der Waals surface area (Å²) in [5.41, 5.74) is 1.01. The highest BCUT2D eigenvalue weighted by atomic mass is 79.9. The van der Waals surface area contributed by atoms with Gasteiger partial charge >= 0.3 is 0 Å². The van der Waals surface area contributed by atoms with E-state index in [1.165, 1.54) is 25.5 Å². The Morgan fingerprint density at radius 2 is 2.11 bits per heavy atom. The molecule has 18 heavy (non-hydrogen) atoms. The third kappa shape index (κ3) is 3.97. The maximum atomic E-state index is 11.4. The number of sulfone groups is 1. The van der Waals surface area contributed by atoms with Crippen LogP contribution in [0.5, 0.6) is 0 Å². The second kappa shape index (κ2) is 5.51. The lowest BCUT2D eigenvalue weighted by atomic mass is 10.1. The number of halogens is 2. The molecule has 1 aliphatic rings. The lowest BCUT2D eigenvalue weighted by molar-refractivity contribution is 0.602.